The van der Waals surface area contributed by atoms with Gasteiger partial charge in [-0.3, -0.25) is 4.98 Å². The highest BCUT2D eigenvalue weighted by Crippen LogP contribution is 2.46. The molecule has 1 aromatic carbocycles. The number of hydrogen-bond donors (Lipinski definition) is 1. The molecule has 0 amide bonds. The van der Waals surface area contributed by atoms with Crippen molar-refractivity contribution in [3.05, 3.63) is 40.1 Å². The number of halogens is 2. The first-order valence-corrected chi connectivity index (χ1v) is 9.41. The lowest BCUT2D eigenvalue weighted by Crippen LogP contribution is -2.05. The van der Waals surface area contributed by atoms with E-state index in [0.29, 0.717) is 38.8 Å². The first-order valence-electron chi connectivity index (χ1n) is 8.66. The van der Waals surface area contributed by atoms with Gasteiger partial charge < -0.3 is 14.8 Å². The standard InChI is InChI=1S/C20H19Cl2N3O2/c1-10-6-13-11(9-23-10)7-14(25-20(13)24-12-4-5-12)17-18(21)15(26-2)8-16(27-3)19(17)22/h6-9,12H,4-5H2,1-3H3,(H,24,25). The minimum absolute atomic E-state index is 0.396. The van der Waals surface area contributed by atoms with E-state index in [9.17, 15) is 0 Å². The number of aryl methyl sites for hydroxylation is 1. The smallest absolute Gasteiger partial charge is 0.141 e. The van der Waals surface area contributed by atoms with Crippen molar-refractivity contribution in [2.24, 2.45) is 0 Å². The Morgan fingerprint density at radius 2 is 1.70 bits per heavy atom. The van der Waals surface area contributed by atoms with Gasteiger partial charge in [0, 0.05) is 40.3 Å². The van der Waals surface area contributed by atoms with E-state index in [-0.39, 0.29) is 0 Å². The monoisotopic (exact) mass is 403 g/mol. The lowest BCUT2D eigenvalue weighted by molar-refractivity contribution is 0.395. The van der Waals surface area contributed by atoms with E-state index in [1.54, 1.807) is 20.3 Å². The van der Waals surface area contributed by atoms with Crippen LogP contribution in [0.5, 0.6) is 11.5 Å². The van der Waals surface area contributed by atoms with Crippen LogP contribution in [0.15, 0.2) is 24.4 Å². The Bertz CT molecular complexity index is 1010. The summed E-state index contributed by atoms with van der Waals surface area (Å²) < 4.78 is 10.8. The van der Waals surface area contributed by atoms with Crippen LogP contribution in [0, 0.1) is 6.92 Å². The highest BCUT2D eigenvalue weighted by molar-refractivity contribution is 6.41. The zero-order valence-corrected chi connectivity index (χ0v) is 16.8. The molecule has 0 atom stereocenters. The van der Waals surface area contributed by atoms with Crippen molar-refractivity contribution in [1.82, 2.24) is 9.97 Å². The molecule has 2 aromatic heterocycles. The Hall–Kier alpha value is -2.24. The SMILES string of the molecule is COc1cc(OC)c(Cl)c(-c2cc3cnc(C)cc3c(NC3CC3)n2)c1Cl. The maximum Gasteiger partial charge on any atom is 0.141 e. The summed E-state index contributed by atoms with van der Waals surface area (Å²) in [6.45, 7) is 1.97. The van der Waals surface area contributed by atoms with E-state index in [4.69, 9.17) is 37.7 Å². The van der Waals surface area contributed by atoms with Crippen LogP contribution in [0.25, 0.3) is 22.0 Å². The van der Waals surface area contributed by atoms with Gasteiger partial charge in [-0.1, -0.05) is 23.2 Å². The molecule has 140 valence electrons. The fourth-order valence-electron chi connectivity index (χ4n) is 3.02. The molecule has 4 rings (SSSR count). The van der Waals surface area contributed by atoms with Gasteiger partial charge in [-0.05, 0) is 31.9 Å². The van der Waals surface area contributed by atoms with Gasteiger partial charge in [0.15, 0.2) is 0 Å². The number of methoxy groups -OCH3 is 2. The van der Waals surface area contributed by atoms with E-state index in [2.05, 4.69) is 10.3 Å². The summed E-state index contributed by atoms with van der Waals surface area (Å²) in [6.07, 6.45) is 4.13. The number of hydrogen-bond acceptors (Lipinski definition) is 5. The van der Waals surface area contributed by atoms with Crippen LogP contribution in [0.1, 0.15) is 18.5 Å². The molecule has 3 aromatic rings. The van der Waals surface area contributed by atoms with Crippen LogP contribution in [-0.2, 0) is 0 Å². The van der Waals surface area contributed by atoms with Crippen molar-refractivity contribution >= 4 is 39.8 Å². The second kappa shape index (κ2) is 7.06. The molecule has 1 fully saturated rings. The van der Waals surface area contributed by atoms with E-state index in [0.717, 1.165) is 35.1 Å². The first-order chi connectivity index (χ1) is 13.0. The van der Waals surface area contributed by atoms with Crippen molar-refractivity contribution < 1.29 is 9.47 Å². The average Bonchev–Trinajstić information content (AvgIpc) is 3.47. The Morgan fingerprint density at radius 1 is 1.04 bits per heavy atom. The molecule has 1 aliphatic rings. The number of nitrogens with one attached hydrogen (secondary N) is 1. The summed E-state index contributed by atoms with van der Waals surface area (Å²) in [4.78, 5) is 9.27. The fourth-order valence-corrected chi connectivity index (χ4v) is 3.71. The molecule has 0 bridgehead atoms. The van der Waals surface area contributed by atoms with E-state index in [1.165, 1.54) is 0 Å². The van der Waals surface area contributed by atoms with Gasteiger partial charge >= 0.3 is 0 Å². The van der Waals surface area contributed by atoms with Gasteiger partial charge in [0.25, 0.3) is 0 Å². The van der Waals surface area contributed by atoms with Crippen LogP contribution >= 0.6 is 23.2 Å². The van der Waals surface area contributed by atoms with Crippen LogP contribution in [-0.4, -0.2) is 30.2 Å². The molecular formula is C20H19Cl2N3O2. The molecule has 5 nitrogen and oxygen atoms in total. The minimum Gasteiger partial charge on any atom is -0.495 e. The van der Waals surface area contributed by atoms with Crippen molar-refractivity contribution in [2.45, 2.75) is 25.8 Å². The third-order valence-corrected chi connectivity index (χ3v) is 5.35. The van der Waals surface area contributed by atoms with Crippen LogP contribution in [0.3, 0.4) is 0 Å². The summed E-state index contributed by atoms with van der Waals surface area (Å²) in [5, 5.41) is 6.29. The second-order valence-corrected chi connectivity index (χ2v) is 7.36. The van der Waals surface area contributed by atoms with E-state index in [1.807, 2.05) is 25.3 Å². The Kier molecular flexibility index (Phi) is 4.74. The zero-order chi connectivity index (χ0) is 19.1. The Morgan fingerprint density at radius 3 is 2.30 bits per heavy atom. The fraction of sp³-hybridized carbons (Fsp3) is 0.300. The minimum atomic E-state index is 0.396. The highest BCUT2D eigenvalue weighted by Gasteiger charge is 2.24. The van der Waals surface area contributed by atoms with Gasteiger partial charge in [-0.2, -0.15) is 0 Å². The van der Waals surface area contributed by atoms with Crippen molar-refractivity contribution in [3.63, 3.8) is 0 Å². The number of anilines is 1. The highest BCUT2D eigenvalue weighted by atomic mass is 35.5. The number of fused-ring (bicyclic) bond motifs is 1. The third-order valence-electron chi connectivity index (χ3n) is 4.60. The average molecular weight is 404 g/mol. The molecule has 1 aliphatic carbocycles. The van der Waals surface area contributed by atoms with Crippen LogP contribution < -0.4 is 14.8 Å². The van der Waals surface area contributed by atoms with Gasteiger partial charge in [0.05, 0.1) is 30.0 Å². The molecule has 1 saturated carbocycles. The molecule has 2 heterocycles. The summed E-state index contributed by atoms with van der Waals surface area (Å²) in [6, 6.07) is 6.09. The maximum absolute atomic E-state index is 6.58. The lowest BCUT2D eigenvalue weighted by atomic mass is 10.1. The predicted octanol–water partition coefficient (Wildman–Crippen LogP) is 5.50. The molecule has 0 radical (unpaired) electrons. The molecule has 0 spiro atoms. The Balaban J connectivity index is 1.98. The van der Waals surface area contributed by atoms with Crippen molar-refractivity contribution in [2.75, 3.05) is 19.5 Å². The van der Waals surface area contributed by atoms with Crippen LogP contribution in [0.2, 0.25) is 10.0 Å². The second-order valence-electron chi connectivity index (χ2n) is 6.61. The van der Waals surface area contributed by atoms with Crippen molar-refractivity contribution in [3.8, 4) is 22.8 Å². The summed E-state index contributed by atoms with van der Waals surface area (Å²) in [5.41, 5.74) is 2.16. The molecule has 0 unspecified atom stereocenters. The van der Waals surface area contributed by atoms with Gasteiger partial charge in [-0.25, -0.2) is 4.98 Å². The number of nitrogens with zero attached hydrogens (tertiary/aromatic N) is 2. The molecule has 7 heteroatoms. The summed E-state index contributed by atoms with van der Waals surface area (Å²) >= 11 is 13.2. The molecule has 27 heavy (non-hydrogen) atoms. The topological polar surface area (TPSA) is 56.3 Å². The predicted molar refractivity (Wildman–Crippen MR) is 109 cm³/mol. The molecule has 1 N–H and O–H groups in total. The van der Waals surface area contributed by atoms with Gasteiger partial charge in [0.2, 0.25) is 0 Å². The van der Waals surface area contributed by atoms with Gasteiger partial charge in [0.1, 0.15) is 17.3 Å². The van der Waals surface area contributed by atoms with E-state index < -0.39 is 0 Å². The molecule has 0 aliphatic heterocycles. The number of ether oxygens (including phenoxy) is 2. The number of rotatable bonds is 5. The number of pyridine rings is 2. The largest absolute Gasteiger partial charge is 0.495 e. The first kappa shape index (κ1) is 18.1. The number of aromatic nitrogens is 2. The summed E-state index contributed by atoms with van der Waals surface area (Å²) in [7, 11) is 3.11. The third kappa shape index (κ3) is 3.37. The zero-order valence-electron chi connectivity index (χ0n) is 15.3. The molecule has 0 saturated heterocycles. The number of benzene rings is 1. The van der Waals surface area contributed by atoms with E-state index >= 15 is 0 Å². The van der Waals surface area contributed by atoms with Crippen molar-refractivity contribution in [1.29, 1.82) is 0 Å². The maximum atomic E-state index is 6.58. The summed E-state index contributed by atoms with van der Waals surface area (Å²) in [5.74, 6) is 1.77. The molecular weight excluding hydrogens is 385 g/mol. The Labute approximate surface area is 167 Å². The normalized spacial score (nSPS) is 13.7. The van der Waals surface area contributed by atoms with Gasteiger partial charge in [-0.15, -0.1) is 0 Å². The van der Waals surface area contributed by atoms with Crippen LogP contribution in [0.4, 0.5) is 5.82 Å². The lowest BCUT2D eigenvalue weighted by Gasteiger charge is -2.16. The quantitative estimate of drug-likeness (QED) is 0.608.